The van der Waals surface area contributed by atoms with Crippen molar-refractivity contribution >= 4 is 22.8 Å². The van der Waals surface area contributed by atoms with Gasteiger partial charge in [-0.05, 0) is 57.0 Å². The molecule has 0 aliphatic carbocycles. The lowest BCUT2D eigenvalue weighted by atomic mass is 10.0. The number of nitrogens with one attached hydrogen (secondary N) is 1. The van der Waals surface area contributed by atoms with Crippen molar-refractivity contribution in [3.8, 4) is 28.8 Å². The third kappa shape index (κ3) is 6.80. The van der Waals surface area contributed by atoms with E-state index in [1.807, 2.05) is 13.8 Å². The van der Waals surface area contributed by atoms with Crippen LogP contribution < -0.4 is 15.8 Å². The van der Waals surface area contributed by atoms with Crippen LogP contribution in [0, 0.1) is 28.8 Å². The molecule has 0 radical (unpaired) electrons. The van der Waals surface area contributed by atoms with Crippen LogP contribution in [0.4, 0.5) is 19.0 Å². The summed E-state index contributed by atoms with van der Waals surface area (Å²) < 4.78 is 55.3. The van der Waals surface area contributed by atoms with Gasteiger partial charge in [-0.25, -0.2) is 23.4 Å². The number of carbonyl (C=O) groups excluding carboxylic acids is 1. The van der Waals surface area contributed by atoms with E-state index in [0.29, 0.717) is 37.2 Å². The van der Waals surface area contributed by atoms with Crippen LogP contribution in [-0.4, -0.2) is 68.9 Å². The molecule has 1 amide bonds. The van der Waals surface area contributed by atoms with Crippen molar-refractivity contribution in [2.75, 3.05) is 32.5 Å². The summed E-state index contributed by atoms with van der Waals surface area (Å²) in [6.45, 7) is 5.41. The standard InChI is InChI=1S/C32H33F3N8O3/c1-32(2,40-11-13-45-3)15-19(16-36)31(44)42-12-5-6-20(42)17-43-30-26(29(37)38-18-39-30)28(41-43)22-10-9-21(14-24(22)34)46-25-8-4-7-23(33)27(25)35/h4,7-10,14-15,18,20,40H,5-6,11-13,17H2,1-3H3,(H2,37,38,39). The van der Waals surface area contributed by atoms with Gasteiger partial charge in [-0.3, -0.25) is 4.79 Å². The second kappa shape index (κ2) is 13.6. The van der Waals surface area contributed by atoms with Gasteiger partial charge < -0.3 is 25.4 Å². The average molecular weight is 635 g/mol. The van der Waals surface area contributed by atoms with Crippen molar-refractivity contribution in [3.63, 3.8) is 0 Å². The Hall–Kier alpha value is -5.00. The average Bonchev–Trinajstić information content (AvgIpc) is 3.64. The first-order valence-corrected chi connectivity index (χ1v) is 14.6. The van der Waals surface area contributed by atoms with Crippen molar-refractivity contribution in [3.05, 3.63) is 71.8 Å². The third-order valence-electron chi connectivity index (χ3n) is 7.66. The molecular formula is C32H33F3N8O3. The van der Waals surface area contributed by atoms with Crippen LogP contribution in [0.15, 0.2) is 54.4 Å². The number of nitrogen functional groups attached to an aromatic ring is 1. The van der Waals surface area contributed by atoms with Crippen LogP contribution in [0.3, 0.4) is 0 Å². The number of carbonyl (C=O) groups is 1. The van der Waals surface area contributed by atoms with E-state index in [1.165, 1.54) is 30.6 Å². The number of rotatable bonds is 11. The fraction of sp³-hybridized carbons (Fsp3) is 0.344. The lowest BCUT2D eigenvalue weighted by molar-refractivity contribution is -0.127. The molecule has 14 heteroatoms. The summed E-state index contributed by atoms with van der Waals surface area (Å²) in [4.78, 5) is 23.6. The van der Waals surface area contributed by atoms with E-state index in [2.05, 4.69) is 26.5 Å². The van der Waals surface area contributed by atoms with Gasteiger partial charge in [-0.1, -0.05) is 6.07 Å². The Kier molecular flexibility index (Phi) is 9.54. The normalized spacial score (nSPS) is 15.4. The highest BCUT2D eigenvalue weighted by Crippen LogP contribution is 2.35. The van der Waals surface area contributed by atoms with Gasteiger partial charge in [-0.2, -0.15) is 14.8 Å². The van der Waals surface area contributed by atoms with Gasteiger partial charge in [0, 0.05) is 37.4 Å². The number of anilines is 1. The van der Waals surface area contributed by atoms with Gasteiger partial charge in [0.05, 0.1) is 24.6 Å². The Morgan fingerprint density at radius 3 is 2.76 bits per heavy atom. The Morgan fingerprint density at radius 1 is 1.22 bits per heavy atom. The number of hydrogen-bond acceptors (Lipinski definition) is 9. The van der Waals surface area contributed by atoms with Crippen LogP contribution in [0.1, 0.15) is 26.7 Å². The van der Waals surface area contributed by atoms with Gasteiger partial charge in [0.15, 0.2) is 17.2 Å². The molecule has 46 heavy (non-hydrogen) atoms. The zero-order valence-corrected chi connectivity index (χ0v) is 25.6. The number of nitriles is 1. The summed E-state index contributed by atoms with van der Waals surface area (Å²) in [5.41, 5.74) is 6.14. The first-order chi connectivity index (χ1) is 22.0. The smallest absolute Gasteiger partial charge is 0.264 e. The van der Waals surface area contributed by atoms with Crippen LogP contribution in [0.2, 0.25) is 0 Å². The Balaban J connectivity index is 1.43. The highest BCUT2D eigenvalue weighted by Gasteiger charge is 2.33. The number of hydrogen-bond donors (Lipinski definition) is 2. The Bertz CT molecular complexity index is 1840. The molecule has 2 aromatic carbocycles. The molecule has 0 bridgehead atoms. The predicted molar refractivity (Wildman–Crippen MR) is 164 cm³/mol. The topological polar surface area (TPSA) is 144 Å². The van der Waals surface area contributed by atoms with Crippen molar-refractivity contribution in [2.24, 2.45) is 0 Å². The lowest BCUT2D eigenvalue weighted by Gasteiger charge is -2.27. The molecule has 2 aromatic heterocycles. The molecule has 11 nitrogen and oxygen atoms in total. The zero-order valence-electron chi connectivity index (χ0n) is 25.6. The Labute approximate surface area is 263 Å². The summed E-state index contributed by atoms with van der Waals surface area (Å²) in [5.74, 6) is -3.82. The monoisotopic (exact) mass is 634 g/mol. The molecule has 240 valence electrons. The molecule has 1 atom stereocenters. The molecule has 1 aliphatic rings. The minimum atomic E-state index is -1.19. The molecule has 5 rings (SSSR count). The first-order valence-electron chi connectivity index (χ1n) is 14.6. The number of nitrogens with two attached hydrogens (primary N) is 1. The second-order valence-corrected chi connectivity index (χ2v) is 11.4. The summed E-state index contributed by atoms with van der Waals surface area (Å²) in [6, 6.07) is 8.99. The fourth-order valence-corrected chi connectivity index (χ4v) is 5.46. The molecule has 4 aromatic rings. The molecular weight excluding hydrogens is 601 g/mol. The van der Waals surface area contributed by atoms with E-state index in [0.717, 1.165) is 18.6 Å². The van der Waals surface area contributed by atoms with E-state index >= 15 is 4.39 Å². The van der Waals surface area contributed by atoms with E-state index in [4.69, 9.17) is 15.2 Å². The van der Waals surface area contributed by atoms with Gasteiger partial charge >= 0.3 is 0 Å². The van der Waals surface area contributed by atoms with Gasteiger partial charge in [0.1, 0.15) is 41.0 Å². The number of benzene rings is 2. The van der Waals surface area contributed by atoms with Crippen LogP contribution in [0.5, 0.6) is 11.5 Å². The van der Waals surface area contributed by atoms with E-state index < -0.39 is 34.6 Å². The number of amides is 1. The first kappa shape index (κ1) is 32.4. The number of aromatic nitrogens is 4. The van der Waals surface area contributed by atoms with E-state index in [1.54, 1.807) is 22.8 Å². The van der Waals surface area contributed by atoms with E-state index in [-0.39, 0.29) is 41.0 Å². The maximum absolute atomic E-state index is 15.5. The number of fused-ring (bicyclic) bond motifs is 1. The quantitative estimate of drug-likeness (QED) is 0.136. The minimum Gasteiger partial charge on any atom is -0.454 e. The largest absolute Gasteiger partial charge is 0.454 e. The van der Waals surface area contributed by atoms with Gasteiger partial charge in [-0.15, -0.1) is 0 Å². The molecule has 3 N–H and O–H groups in total. The zero-order chi connectivity index (χ0) is 33.0. The van der Waals surface area contributed by atoms with Crippen molar-refractivity contribution in [1.29, 1.82) is 5.26 Å². The minimum absolute atomic E-state index is 0.0156. The number of nitrogens with zero attached hydrogens (tertiary/aromatic N) is 6. The SMILES string of the molecule is COCCNC(C)(C)C=C(C#N)C(=O)N1CCCC1Cn1nc(-c2ccc(Oc3cccc(F)c3F)cc2F)c2c(N)ncnc21. The van der Waals surface area contributed by atoms with Crippen LogP contribution in [0.25, 0.3) is 22.3 Å². The van der Waals surface area contributed by atoms with Crippen molar-refractivity contribution < 1.29 is 27.4 Å². The number of halogens is 3. The van der Waals surface area contributed by atoms with Gasteiger partial charge in [0.25, 0.3) is 5.91 Å². The summed E-state index contributed by atoms with van der Waals surface area (Å²) in [5, 5.41) is 18.1. The molecule has 0 spiro atoms. The van der Waals surface area contributed by atoms with E-state index in [9.17, 15) is 18.8 Å². The van der Waals surface area contributed by atoms with Crippen LogP contribution in [-0.2, 0) is 16.1 Å². The molecule has 0 saturated carbocycles. The highest BCUT2D eigenvalue weighted by molar-refractivity contribution is 5.99. The molecule has 3 heterocycles. The molecule has 1 aliphatic heterocycles. The number of ether oxygens (including phenoxy) is 2. The van der Waals surface area contributed by atoms with Gasteiger partial charge in [0.2, 0.25) is 5.82 Å². The summed E-state index contributed by atoms with van der Waals surface area (Å²) >= 11 is 0. The maximum Gasteiger partial charge on any atom is 0.264 e. The molecule has 1 saturated heterocycles. The highest BCUT2D eigenvalue weighted by atomic mass is 19.2. The maximum atomic E-state index is 15.5. The molecule has 1 fully saturated rings. The van der Waals surface area contributed by atoms with Crippen molar-refractivity contribution in [2.45, 2.75) is 44.8 Å². The summed E-state index contributed by atoms with van der Waals surface area (Å²) in [6.07, 6.45) is 4.26. The second-order valence-electron chi connectivity index (χ2n) is 11.4. The Morgan fingerprint density at radius 2 is 2.02 bits per heavy atom. The van der Waals surface area contributed by atoms with Crippen LogP contribution >= 0.6 is 0 Å². The fourth-order valence-electron chi connectivity index (χ4n) is 5.46. The van der Waals surface area contributed by atoms with Crippen molar-refractivity contribution in [1.82, 2.24) is 30.0 Å². The lowest BCUT2D eigenvalue weighted by Crippen LogP contribution is -2.42. The summed E-state index contributed by atoms with van der Waals surface area (Å²) in [7, 11) is 1.59. The third-order valence-corrected chi connectivity index (χ3v) is 7.66. The molecule has 1 unspecified atom stereocenters. The number of likely N-dealkylation sites (tertiary alicyclic amines) is 1. The number of methoxy groups -OCH3 is 1. The predicted octanol–water partition coefficient (Wildman–Crippen LogP) is 4.74.